The van der Waals surface area contributed by atoms with Crippen LogP contribution in [-0.4, -0.2) is 77.3 Å². The van der Waals surface area contributed by atoms with Gasteiger partial charge in [0, 0.05) is 60.5 Å². The third kappa shape index (κ3) is 4.15. The number of carbonyl (C=O) groups is 1. The third-order valence-electron chi connectivity index (χ3n) is 6.12. The van der Waals surface area contributed by atoms with E-state index in [4.69, 9.17) is 5.11 Å². The predicted molar refractivity (Wildman–Crippen MR) is 115 cm³/mol. The zero-order valence-corrected chi connectivity index (χ0v) is 16.8. The number of likely N-dealkylation sites (tertiary alicyclic amines) is 1. The first kappa shape index (κ1) is 19.9. The molecule has 0 aliphatic carbocycles. The second-order valence-electron chi connectivity index (χ2n) is 8.21. The maximum absolute atomic E-state index is 13.0. The Morgan fingerprint density at radius 3 is 2.66 bits per heavy atom. The number of rotatable bonds is 7. The predicted octanol–water partition coefficient (Wildman–Crippen LogP) is 1.85. The lowest BCUT2D eigenvalue weighted by atomic mass is 9.96. The van der Waals surface area contributed by atoms with Gasteiger partial charge in [0.05, 0.1) is 13.0 Å². The molecule has 2 aromatic carbocycles. The summed E-state index contributed by atoms with van der Waals surface area (Å²) < 4.78 is 0. The van der Waals surface area contributed by atoms with E-state index in [0.29, 0.717) is 26.1 Å². The maximum Gasteiger partial charge on any atom is 0.227 e. The molecule has 0 spiro atoms. The first-order valence-corrected chi connectivity index (χ1v) is 10.3. The summed E-state index contributed by atoms with van der Waals surface area (Å²) in [6.07, 6.45) is 0.368. The summed E-state index contributed by atoms with van der Waals surface area (Å²) in [4.78, 5) is 20.3. The molecular formula is C23H29N3O3. The fourth-order valence-electron chi connectivity index (χ4n) is 4.51. The Hall–Kier alpha value is -2.41. The molecule has 154 valence electrons. The van der Waals surface area contributed by atoms with Gasteiger partial charge in [-0.1, -0.05) is 24.3 Å². The second-order valence-corrected chi connectivity index (χ2v) is 8.21. The van der Waals surface area contributed by atoms with E-state index in [1.54, 1.807) is 0 Å². The van der Waals surface area contributed by atoms with Crippen LogP contribution in [0.1, 0.15) is 5.56 Å². The lowest BCUT2D eigenvalue weighted by molar-refractivity contribution is -0.129. The minimum Gasteiger partial charge on any atom is -0.396 e. The molecule has 3 aromatic rings. The Labute approximate surface area is 170 Å². The molecule has 0 bridgehead atoms. The van der Waals surface area contributed by atoms with Crippen molar-refractivity contribution in [3.8, 4) is 0 Å². The number of fused-ring (bicyclic) bond motifs is 3. The molecule has 2 unspecified atom stereocenters. The Bertz CT molecular complexity index is 999. The number of hydrogen-bond donors (Lipinski definition) is 3. The first-order valence-electron chi connectivity index (χ1n) is 10.3. The van der Waals surface area contributed by atoms with E-state index >= 15 is 0 Å². The summed E-state index contributed by atoms with van der Waals surface area (Å²) in [7, 11) is 1.96. The van der Waals surface area contributed by atoms with Crippen LogP contribution >= 0.6 is 0 Å². The Balaban J connectivity index is 1.47. The molecule has 1 aromatic heterocycles. The van der Waals surface area contributed by atoms with E-state index in [-0.39, 0.29) is 31.0 Å². The second kappa shape index (κ2) is 8.53. The van der Waals surface area contributed by atoms with Gasteiger partial charge in [0.1, 0.15) is 0 Å². The van der Waals surface area contributed by atoms with Crippen LogP contribution in [0, 0.1) is 11.8 Å². The Morgan fingerprint density at radius 2 is 1.86 bits per heavy atom. The van der Waals surface area contributed by atoms with E-state index < -0.39 is 0 Å². The summed E-state index contributed by atoms with van der Waals surface area (Å²) in [5, 5.41) is 21.2. The van der Waals surface area contributed by atoms with E-state index in [0.717, 1.165) is 28.5 Å². The number of hydrogen-bond acceptors (Lipinski definition) is 4. The van der Waals surface area contributed by atoms with Gasteiger partial charge in [-0.05, 0) is 36.7 Å². The molecule has 6 nitrogen and oxygen atoms in total. The average Bonchev–Trinajstić information content (AvgIpc) is 3.29. The zero-order valence-electron chi connectivity index (χ0n) is 16.8. The van der Waals surface area contributed by atoms with Crippen molar-refractivity contribution in [1.29, 1.82) is 0 Å². The molecule has 29 heavy (non-hydrogen) atoms. The highest BCUT2D eigenvalue weighted by molar-refractivity contribution is 6.07. The molecule has 1 amide bonds. The van der Waals surface area contributed by atoms with Crippen molar-refractivity contribution >= 4 is 27.7 Å². The van der Waals surface area contributed by atoms with Crippen LogP contribution in [0.5, 0.6) is 0 Å². The Kier molecular flexibility index (Phi) is 5.85. The fourth-order valence-corrected chi connectivity index (χ4v) is 4.51. The molecule has 1 fully saturated rings. The van der Waals surface area contributed by atoms with Gasteiger partial charge in [-0.15, -0.1) is 0 Å². The number of para-hydroxylation sites is 1. The number of H-pyrrole nitrogens is 1. The van der Waals surface area contributed by atoms with E-state index in [9.17, 15) is 9.90 Å². The SMILES string of the molecule is CN(CCO)CC1CN(C(=O)Cc2ccc3[nH]c4ccccc4c3c2)CC1CO. The monoisotopic (exact) mass is 395 g/mol. The molecule has 3 N–H and O–H groups in total. The van der Waals surface area contributed by atoms with Crippen molar-refractivity contribution in [2.45, 2.75) is 6.42 Å². The van der Waals surface area contributed by atoms with E-state index in [2.05, 4.69) is 28.1 Å². The van der Waals surface area contributed by atoms with Crippen molar-refractivity contribution < 1.29 is 15.0 Å². The normalized spacial score (nSPS) is 19.7. The minimum absolute atomic E-state index is 0.0860. The summed E-state index contributed by atoms with van der Waals surface area (Å²) in [5.41, 5.74) is 3.19. The van der Waals surface area contributed by atoms with E-state index in [1.165, 1.54) is 5.39 Å². The molecular weight excluding hydrogens is 366 g/mol. The van der Waals surface area contributed by atoms with Crippen molar-refractivity contribution in [3.63, 3.8) is 0 Å². The number of nitrogens with one attached hydrogen (secondary N) is 1. The quantitative estimate of drug-likeness (QED) is 0.571. The van der Waals surface area contributed by atoms with Crippen LogP contribution in [0.4, 0.5) is 0 Å². The number of amides is 1. The molecule has 1 aliphatic heterocycles. The third-order valence-corrected chi connectivity index (χ3v) is 6.12. The average molecular weight is 396 g/mol. The highest BCUT2D eigenvalue weighted by Crippen LogP contribution is 2.28. The smallest absolute Gasteiger partial charge is 0.227 e. The summed E-state index contributed by atoms with van der Waals surface area (Å²) in [5.74, 6) is 0.433. The summed E-state index contributed by atoms with van der Waals surface area (Å²) in [6.45, 7) is 2.84. The molecule has 6 heteroatoms. The highest BCUT2D eigenvalue weighted by Gasteiger charge is 2.35. The molecule has 1 saturated heterocycles. The zero-order chi connectivity index (χ0) is 20.4. The van der Waals surface area contributed by atoms with Crippen LogP contribution in [0.2, 0.25) is 0 Å². The van der Waals surface area contributed by atoms with Crippen LogP contribution in [0.15, 0.2) is 42.5 Å². The topological polar surface area (TPSA) is 79.8 Å². The van der Waals surface area contributed by atoms with Gasteiger partial charge >= 0.3 is 0 Å². The van der Waals surface area contributed by atoms with Gasteiger partial charge in [-0.2, -0.15) is 0 Å². The van der Waals surface area contributed by atoms with Gasteiger partial charge in [0.25, 0.3) is 0 Å². The molecule has 1 aliphatic rings. The lowest BCUT2D eigenvalue weighted by Crippen LogP contribution is -2.34. The number of carbonyl (C=O) groups excluding carboxylic acids is 1. The number of aliphatic hydroxyl groups excluding tert-OH is 2. The fraction of sp³-hybridized carbons (Fsp3) is 0.435. The number of aliphatic hydroxyl groups is 2. The molecule has 2 atom stereocenters. The van der Waals surface area contributed by atoms with E-state index in [1.807, 2.05) is 36.2 Å². The Morgan fingerprint density at radius 1 is 1.10 bits per heavy atom. The highest BCUT2D eigenvalue weighted by atomic mass is 16.3. The first-order chi connectivity index (χ1) is 14.1. The van der Waals surface area contributed by atoms with Crippen LogP contribution < -0.4 is 0 Å². The number of likely N-dealkylation sites (N-methyl/N-ethyl adjacent to an activating group) is 1. The van der Waals surface area contributed by atoms with Gasteiger partial charge in [-0.3, -0.25) is 4.79 Å². The van der Waals surface area contributed by atoms with Gasteiger partial charge in [-0.25, -0.2) is 0 Å². The van der Waals surface area contributed by atoms with Crippen molar-refractivity contribution in [2.24, 2.45) is 11.8 Å². The number of aromatic amines is 1. The summed E-state index contributed by atoms with van der Waals surface area (Å²) >= 11 is 0. The molecule has 4 rings (SSSR count). The molecule has 0 saturated carbocycles. The summed E-state index contributed by atoms with van der Waals surface area (Å²) in [6, 6.07) is 14.4. The standard InChI is InChI=1S/C23H29N3O3/c1-25(8-9-27)12-17-13-26(14-18(17)15-28)23(29)11-16-6-7-22-20(10-16)19-4-2-3-5-21(19)24-22/h2-7,10,17-18,24,27-28H,8-9,11-15H2,1H3. The van der Waals surface area contributed by atoms with Gasteiger partial charge < -0.3 is 25.0 Å². The van der Waals surface area contributed by atoms with Gasteiger partial charge in [0.15, 0.2) is 0 Å². The molecule has 2 heterocycles. The van der Waals surface area contributed by atoms with Crippen LogP contribution in [-0.2, 0) is 11.2 Å². The lowest BCUT2D eigenvalue weighted by Gasteiger charge is -2.23. The van der Waals surface area contributed by atoms with Gasteiger partial charge in [0.2, 0.25) is 5.91 Å². The number of nitrogens with zero attached hydrogens (tertiary/aromatic N) is 2. The molecule has 0 radical (unpaired) electrons. The van der Waals surface area contributed by atoms with Crippen molar-refractivity contribution in [1.82, 2.24) is 14.8 Å². The van der Waals surface area contributed by atoms with Crippen LogP contribution in [0.25, 0.3) is 21.8 Å². The number of benzene rings is 2. The van der Waals surface area contributed by atoms with Crippen molar-refractivity contribution in [3.05, 3.63) is 48.0 Å². The largest absolute Gasteiger partial charge is 0.396 e. The minimum atomic E-state index is 0.0860. The van der Waals surface area contributed by atoms with Crippen molar-refractivity contribution in [2.75, 3.05) is 46.4 Å². The van der Waals surface area contributed by atoms with Crippen LogP contribution in [0.3, 0.4) is 0 Å². The maximum atomic E-state index is 13.0. The number of aromatic nitrogens is 1.